The Balaban J connectivity index is 2.40. The van der Waals surface area contributed by atoms with Gasteiger partial charge in [-0.1, -0.05) is 29.8 Å². The molecule has 0 N–H and O–H groups in total. The van der Waals surface area contributed by atoms with Crippen LogP contribution in [0, 0.1) is 6.92 Å². The number of likely N-dealkylation sites (N-methyl/N-ethyl adjacent to an activating group) is 1. The minimum atomic E-state index is -0.332. The smallest absolute Gasteiger partial charge is 0.246 e. The first kappa shape index (κ1) is 14.6. The van der Waals surface area contributed by atoms with Crippen LogP contribution in [0.4, 0.5) is 0 Å². The van der Waals surface area contributed by atoms with Crippen LogP contribution >= 0.6 is 11.6 Å². The predicted octanol–water partition coefficient (Wildman–Crippen LogP) is 3.16. The SMILES string of the molecule is Cc1cc(-c2ccccc2Cl)nn1C(C)C(=O)N(C)C. The Morgan fingerprint density at radius 3 is 2.60 bits per heavy atom. The first-order valence-corrected chi connectivity index (χ1v) is 6.82. The van der Waals surface area contributed by atoms with Crippen LogP contribution in [0.25, 0.3) is 11.3 Å². The quantitative estimate of drug-likeness (QED) is 0.871. The zero-order chi connectivity index (χ0) is 14.9. The van der Waals surface area contributed by atoms with Crippen molar-refractivity contribution in [2.24, 2.45) is 0 Å². The molecule has 0 bridgehead atoms. The molecule has 2 aromatic rings. The molecule has 1 unspecified atom stereocenters. The van der Waals surface area contributed by atoms with Crippen LogP contribution < -0.4 is 0 Å². The fourth-order valence-electron chi connectivity index (χ4n) is 2.16. The van der Waals surface area contributed by atoms with E-state index in [9.17, 15) is 4.79 Å². The number of rotatable bonds is 3. The Labute approximate surface area is 124 Å². The largest absolute Gasteiger partial charge is 0.347 e. The van der Waals surface area contributed by atoms with Crippen molar-refractivity contribution >= 4 is 17.5 Å². The second kappa shape index (κ2) is 5.67. The number of aromatic nitrogens is 2. The van der Waals surface area contributed by atoms with Crippen LogP contribution in [-0.2, 0) is 4.79 Å². The van der Waals surface area contributed by atoms with E-state index >= 15 is 0 Å². The second-order valence-corrected chi connectivity index (χ2v) is 5.41. The van der Waals surface area contributed by atoms with E-state index in [2.05, 4.69) is 5.10 Å². The molecule has 0 aliphatic carbocycles. The molecule has 106 valence electrons. The molecule has 5 heteroatoms. The minimum Gasteiger partial charge on any atom is -0.347 e. The molecule has 0 saturated heterocycles. The van der Waals surface area contributed by atoms with E-state index in [-0.39, 0.29) is 11.9 Å². The molecule has 1 amide bonds. The minimum absolute atomic E-state index is 0.0157. The number of hydrogen-bond acceptors (Lipinski definition) is 2. The Morgan fingerprint density at radius 1 is 1.35 bits per heavy atom. The van der Waals surface area contributed by atoms with Gasteiger partial charge in [-0.2, -0.15) is 5.10 Å². The van der Waals surface area contributed by atoms with E-state index in [1.807, 2.05) is 44.2 Å². The molecule has 1 aromatic heterocycles. The third-order valence-corrected chi connectivity index (χ3v) is 3.57. The van der Waals surface area contributed by atoms with Gasteiger partial charge < -0.3 is 4.90 Å². The zero-order valence-electron chi connectivity index (χ0n) is 12.1. The molecule has 0 fully saturated rings. The lowest BCUT2D eigenvalue weighted by atomic mass is 10.1. The summed E-state index contributed by atoms with van der Waals surface area (Å²) >= 11 is 6.19. The Morgan fingerprint density at radius 2 is 2.00 bits per heavy atom. The third kappa shape index (κ3) is 2.70. The number of nitrogens with zero attached hydrogens (tertiary/aromatic N) is 3. The normalized spacial score (nSPS) is 12.2. The highest BCUT2D eigenvalue weighted by atomic mass is 35.5. The van der Waals surface area contributed by atoms with Crippen LogP contribution in [0.2, 0.25) is 5.02 Å². The topological polar surface area (TPSA) is 38.1 Å². The van der Waals surface area contributed by atoms with Crippen molar-refractivity contribution in [1.29, 1.82) is 0 Å². The van der Waals surface area contributed by atoms with E-state index in [0.29, 0.717) is 5.02 Å². The molecular weight excluding hydrogens is 274 g/mol. The average Bonchev–Trinajstić information content (AvgIpc) is 2.79. The molecular formula is C15H18ClN3O. The molecule has 4 nitrogen and oxygen atoms in total. The molecule has 0 radical (unpaired) electrons. The summed E-state index contributed by atoms with van der Waals surface area (Å²) in [7, 11) is 3.49. The maximum Gasteiger partial charge on any atom is 0.246 e. The molecule has 0 spiro atoms. The van der Waals surface area contributed by atoms with Gasteiger partial charge in [0.2, 0.25) is 5.91 Å². The highest BCUT2D eigenvalue weighted by Crippen LogP contribution is 2.28. The van der Waals surface area contributed by atoms with Gasteiger partial charge >= 0.3 is 0 Å². The van der Waals surface area contributed by atoms with Crippen molar-refractivity contribution < 1.29 is 4.79 Å². The molecule has 2 rings (SSSR count). The summed E-state index contributed by atoms with van der Waals surface area (Å²) in [6.45, 7) is 3.78. The molecule has 1 heterocycles. The Kier molecular flexibility index (Phi) is 4.14. The third-order valence-electron chi connectivity index (χ3n) is 3.24. The highest BCUT2D eigenvalue weighted by Gasteiger charge is 2.20. The molecule has 1 aromatic carbocycles. The molecule has 0 saturated carbocycles. The maximum absolute atomic E-state index is 12.0. The van der Waals surface area contributed by atoms with Gasteiger partial charge in [0, 0.05) is 25.4 Å². The molecule has 0 aliphatic heterocycles. The second-order valence-electron chi connectivity index (χ2n) is 5.00. The molecule has 0 aliphatic rings. The number of halogens is 1. The first-order valence-electron chi connectivity index (χ1n) is 6.44. The summed E-state index contributed by atoms with van der Waals surface area (Å²) in [6.07, 6.45) is 0. The van der Waals surface area contributed by atoms with E-state index in [1.54, 1.807) is 23.7 Å². The van der Waals surface area contributed by atoms with Crippen LogP contribution in [0.1, 0.15) is 18.7 Å². The van der Waals surface area contributed by atoms with Crippen LogP contribution in [0.5, 0.6) is 0 Å². The average molecular weight is 292 g/mol. The molecule has 1 atom stereocenters. The van der Waals surface area contributed by atoms with Crippen molar-refractivity contribution in [3.05, 3.63) is 41.0 Å². The number of benzene rings is 1. The number of carbonyl (C=O) groups is 1. The number of aryl methyl sites for hydroxylation is 1. The van der Waals surface area contributed by atoms with Gasteiger partial charge in [-0.25, -0.2) is 0 Å². The monoisotopic (exact) mass is 291 g/mol. The van der Waals surface area contributed by atoms with E-state index < -0.39 is 0 Å². The molecule has 20 heavy (non-hydrogen) atoms. The van der Waals surface area contributed by atoms with Crippen LogP contribution in [-0.4, -0.2) is 34.7 Å². The van der Waals surface area contributed by atoms with Gasteiger partial charge in [0.25, 0.3) is 0 Å². The Hall–Kier alpha value is -1.81. The van der Waals surface area contributed by atoms with Crippen molar-refractivity contribution in [1.82, 2.24) is 14.7 Å². The summed E-state index contributed by atoms with van der Waals surface area (Å²) in [5, 5.41) is 5.19. The fourth-order valence-corrected chi connectivity index (χ4v) is 2.39. The first-order chi connectivity index (χ1) is 9.41. The highest BCUT2D eigenvalue weighted by molar-refractivity contribution is 6.33. The number of hydrogen-bond donors (Lipinski definition) is 0. The summed E-state index contributed by atoms with van der Waals surface area (Å²) in [5.41, 5.74) is 2.59. The van der Waals surface area contributed by atoms with Crippen LogP contribution in [0.15, 0.2) is 30.3 Å². The van der Waals surface area contributed by atoms with E-state index in [0.717, 1.165) is 17.0 Å². The van der Waals surface area contributed by atoms with Gasteiger partial charge in [-0.3, -0.25) is 9.48 Å². The van der Waals surface area contributed by atoms with Crippen molar-refractivity contribution in [2.75, 3.05) is 14.1 Å². The van der Waals surface area contributed by atoms with Gasteiger partial charge in [0.15, 0.2) is 0 Å². The number of amides is 1. The van der Waals surface area contributed by atoms with Crippen molar-refractivity contribution in [2.45, 2.75) is 19.9 Å². The van der Waals surface area contributed by atoms with Gasteiger partial charge in [0.05, 0.1) is 10.7 Å². The summed E-state index contributed by atoms with van der Waals surface area (Å²) < 4.78 is 1.74. The van der Waals surface area contributed by atoms with Crippen molar-refractivity contribution in [3.8, 4) is 11.3 Å². The summed E-state index contributed by atoms with van der Waals surface area (Å²) in [5.74, 6) is 0.0157. The summed E-state index contributed by atoms with van der Waals surface area (Å²) in [6, 6.07) is 9.17. The maximum atomic E-state index is 12.0. The Bertz CT molecular complexity index is 634. The van der Waals surface area contributed by atoms with Gasteiger partial charge in [-0.15, -0.1) is 0 Å². The lowest BCUT2D eigenvalue weighted by Crippen LogP contribution is -2.30. The van der Waals surface area contributed by atoms with Gasteiger partial charge in [-0.05, 0) is 26.0 Å². The van der Waals surface area contributed by atoms with E-state index in [4.69, 9.17) is 11.6 Å². The number of carbonyl (C=O) groups excluding carboxylic acids is 1. The lowest BCUT2D eigenvalue weighted by Gasteiger charge is -2.18. The van der Waals surface area contributed by atoms with E-state index in [1.165, 1.54) is 0 Å². The van der Waals surface area contributed by atoms with Crippen molar-refractivity contribution in [3.63, 3.8) is 0 Å². The lowest BCUT2D eigenvalue weighted by molar-refractivity contribution is -0.132. The van der Waals surface area contributed by atoms with Gasteiger partial charge in [0.1, 0.15) is 6.04 Å². The predicted molar refractivity (Wildman–Crippen MR) is 80.8 cm³/mol. The fraction of sp³-hybridized carbons (Fsp3) is 0.333. The summed E-state index contributed by atoms with van der Waals surface area (Å²) in [4.78, 5) is 13.6. The standard InChI is InChI=1S/C15H18ClN3O/c1-10-9-14(12-7-5-6-8-13(12)16)17-19(10)11(2)15(20)18(3)4/h5-9,11H,1-4H3. The van der Waals surface area contributed by atoms with Crippen LogP contribution in [0.3, 0.4) is 0 Å². The zero-order valence-corrected chi connectivity index (χ0v) is 12.8.